The number of ether oxygens (including phenoxy) is 1. The van der Waals surface area contributed by atoms with Crippen molar-refractivity contribution in [2.45, 2.75) is 44.2 Å². The second kappa shape index (κ2) is 7.88. The summed E-state index contributed by atoms with van der Waals surface area (Å²) in [5.74, 6) is -0.305. The van der Waals surface area contributed by atoms with Crippen molar-refractivity contribution < 1.29 is 29.2 Å². The molecule has 30 heavy (non-hydrogen) atoms. The first kappa shape index (κ1) is 20.0. The number of amides is 1. The number of rotatable bonds is 5. The molecule has 1 aromatic carbocycles. The van der Waals surface area contributed by atoms with Crippen LogP contribution in [-0.2, 0) is 6.54 Å². The summed E-state index contributed by atoms with van der Waals surface area (Å²) in [6.07, 6.45) is -0.825. The second-order valence-electron chi connectivity index (χ2n) is 7.27. The monoisotopic (exact) mass is 416 g/mol. The van der Waals surface area contributed by atoms with E-state index in [-0.39, 0.29) is 24.3 Å². The van der Waals surface area contributed by atoms with Gasteiger partial charge in [0.05, 0.1) is 11.7 Å². The molecule has 2 heterocycles. The van der Waals surface area contributed by atoms with Crippen LogP contribution >= 0.6 is 0 Å². The lowest BCUT2D eigenvalue weighted by Gasteiger charge is -2.20. The molecule has 0 aliphatic heterocycles. The molecule has 1 saturated carbocycles. The maximum absolute atomic E-state index is 13.6. The number of fused-ring (bicyclic) bond motifs is 1. The van der Waals surface area contributed by atoms with E-state index in [0.717, 1.165) is 11.1 Å². The molecule has 4 rings (SSSR count). The van der Waals surface area contributed by atoms with Gasteiger partial charge in [-0.2, -0.15) is 0 Å². The number of nitrogens with one attached hydrogen (secondary N) is 1. The normalized spacial score (nSPS) is 23.6. The number of hydrogen-bond donors (Lipinski definition) is 4. The first-order valence-corrected chi connectivity index (χ1v) is 9.41. The molecular weight excluding hydrogens is 395 g/mol. The highest BCUT2D eigenvalue weighted by Gasteiger charge is 2.44. The predicted octanol–water partition coefficient (Wildman–Crippen LogP) is 1.76. The van der Waals surface area contributed by atoms with E-state index in [1.165, 1.54) is 24.5 Å². The summed E-state index contributed by atoms with van der Waals surface area (Å²) < 4.78 is 21.3. The Labute approximate surface area is 170 Å². The van der Waals surface area contributed by atoms with Crippen LogP contribution in [0.4, 0.5) is 9.18 Å². The van der Waals surface area contributed by atoms with Crippen molar-refractivity contribution in [2.24, 2.45) is 0 Å². The molecule has 4 N–H and O–H groups in total. The lowest BCUT2D eigenvalue weighted by molar-refractivity contribution is -0.0166. The summed E-state index contributed by atoms with van der Waals surface area (Å²) in [6.45, 7) is 1.71. The van der Waals surface area contributed by atoms with E-state index in [9.17, 15) is 19.4 Å². The second-order valence-corrected chi connectivity index (χ2v) is 7.27. The fourth-order valence-corrected chi connectivity index (χ4v) is 3.86. The molecule has 0 saturated heterocycles. The molecule has 10 heteroatoms. The molecule has 0 spiro atoms. The first-order valence-electron chi connectivity index (χ1n) is 9.41. The molecule has 4 atom stereocenters. The minimum atomic E-state index is -1.25. The van der Waals surface area contributed by atoms with E-state index in [4.69, 9.17) is 9.84 Å². The van der Waals surface area contributed by atoms with Crippen LogP contribution < -0.4 is 10.1 Å². The Morgan fingerprint density at radius 3 is 2.87 bits per heavy atom. The standard InChI is InChI=1S/C20H21FN4O5/c1-10-13-4-5-25(19(13)24-9-23-10)14-7-16(18(27)17(14)26)30-15-3-2-12(21)6-11(15)8-22-20(28)29/h2-6,9,14,16-18,22,26-27H,7-8H2,1H3,(H,28,29)/t14-,16+,17+,18-/m0/s1. The van der Waals surface area contributed by atoms with Crippen molar-refractivity contribution >= 4 is 17.1 Å². The van der Waals surface area contributed by atoms with Crippen molar-refractivity contribution in [1.29, 1.82) is 0 Å². The zero-order chi connectivity index (χ0) is 21.4. The van der Waals surface area contributed by atoms with E-state index < -0.39 is 36.3 Å². The van der Waals surface area contributed by atoms with Gasteiger partial charge in [0.25, 0.3) is 0 Å². The number of nitrogens with zero attached hydrogens (tertiary/aromatic N) is 3. The third-order valence-corrected chi connectivity index (χ3v) is 5.40. The Morgan fingerprint density at radius 2 is 2.10 bits per heavy atom. The Morgan fingerprint density at radius 1 is 1.30 bits per heavy atom. The van der Waals surface area contributed by atoms with Crippen LogP contribution in [0.15, 0.2) is 36.8 Å². The molecule has 2 aromatic heterocycles. The van der Waals surface area contributed by atoms with Gasteiger partial charge in [-0.15, -0.1) is 0 Å². The summed E-state index contributed by atoms with van der Waals surface area (Å²) in [7, 11) is 0. The SMILES string of the molecule is Cc1ncnc2c1ccn2[C@H]1C[C@@H](Oc2ccc(F)cc2CNC(=O)O)[C@H](O)[C@@H]1O. The van der Waals surface area contributed by atoms with Crippen molar-refractivity contribution in [3.63, 3.8) is 0 Å². The molecule has 1 amide bonds. The van der Waals surface area contributed by atoms with Crippen molar-refractivity contribution in [1.82, 2.24) is 19.9 Å². The number of halogens is 1. The summed E-state index contributed by atoms with van der Waals surface area (Å²) in [6, 6.07) is 5.10. The van der Waals surface area contributed by atoms with Crippen LogP contribution in [0.2, 0.25) is 0 Å². The predicted molar refractivity (Wildman–Crippen MR) is 104 cm³/mol. The Balaban J connectivity index is 1.58. The van der Waals surface area contributed by atoms with Crippen molar-refractivity contribution in [3.8, 4) is 5.75 Å². The molecule has 0 bridgehead atoms. The van der Waals surface area contributed by atoms with Gasteiger partial charge in [-0.25, -0.2) is 19.2 Å². The molecule has 3 aromatic rings. The van der Waals surface area contributed by atoms with Crippen LogP contribution in [0.25, 0.3) is 11.0 Å². The minimum Gasteiger partial charge on any atom is -0.487 e. The summed E-state index contributed by atoms with van der Waals surface area (Å²) in [4.78, 5) is 19.2. The zero-order valence-electron chi connectivity index (χ0n) is 16.1. The van der Waals surface area contributed by atoms with E-state index in [1.54, 1.807) is 10.8 Å². The highest BCUT2D eigenvalue weighted by Crippen LogP contribution is 2.36. The van der Waals surface area contributed by atoms with E-state index in [0.29, 0.717) is 5.65 Å². The molecule has 1 fully saturated rings. The van der Waals surface area contributed by atoms with E-state index in [2.05, 4.69) is 15.3 Å². The van der Waals surface area contributed by atoms with Gasteiger partial charge in [0.2, 0.25) is 0 Å². The number of benzene rings is 1. The number of carboxylic acid groups (broad SMARTS) is 1. The third-order valence-electron chi connectivity index (χ3n) is 5.40. The summed E-state index contributed by atoms with van der Waals surface area (Å²) in [5.41, 5.74) is 1.74. The van der Waals surface area contributed by atoms with Gasteiger partial charge in [-0.3, -0.25) is 0 Å². The number of carbonyl (C=O) groups is 1. The average molecular weight is 416 g/mol. The van der Waals surface area contributed by atoms with Gasteiger partial charge in [0, 0.05) is 30.1 Å². The largest absolute Gasteiger partial charge is 0.487 e. The number of aromatic nitrogens is 3. The zero-order valence-corrected chi connectivity index (χ0v) is 16.1. The van der Waals surface area contributed by atoms with Crippen molar-refractivity contribution in [2.75, 3.05) is 0 Å². The van der Waals surface area contributed by atoms with Crippen LogP contribution in [0.5, 0.6) is 5.75 Å². The highest BCUT2D eigenvalue weighted by atomic mass is 19.1. The molecule has 1 aliphatic rings. The van der Waals surface area contributed by atoms with Crippen LogP contribution in [0.3, 0.4) is 0 Å². The van der Waals surface area contributed by atoms with Gasteiger partial charge < -0.3 is 29.9 Å². The fraction of sp³-hybridized carbons (Fsp3) is 0.350. The van der Waals surface area contributed by atoms with Crippen molar-refractivity contribution in [3.05, 3.63) is 53.9 Å². The Kier molecular flexibility index (Phi) is 5.27. The van der Waals surface area contributed by atoms with Gasteiger partial charge in [-0.05, 0) is 31.2 Å². The number of hydrogen-bond acceptors (Lipinski definition) is 6. The van der Waals surface area contributed by atoms with Crippen LogP contribution in [0.1, 0.15) is 23.7 Å². The molecular formula is C20H21FN4O5. The van der Waals surface area contributed by atoms with Crippen LogP contribution in [-0.4, -0.2) is 54.3 Å². The molecule has 158 valence electrons. The lowest BCUT2D eigenvalue weighted by atomic mass is 10.1. The molecule has 0 radical (unpaired) electrons. The maximum atomic E-state index is 13.6. The van der Waals surface area contributed by atoms with E-state index in [1.807, 2.05) is 13.0 Å². The molecule has 0 unspecified atom stereocenters. The van der Waals surface area contributed by atoms with Gasteiger partial charge in [0.15, 0.2) is 0 Å². The first-order chi connectivity index (χ1) is 14.3. The van der Waals surface area contributed by atoms with Gasteiger partial charge in [-0.1, -0.05) is 0 Å². The third kappa shape index (κ3) is 3.66. The number of aliphatic hydroxyl groups excluding tert-OH is 2. The topological polar surface area (TPSA) is 130 Å². The van der Waals surface area contributed by atoms with Gasteiger partial charge >= 0.3 is 6.09 Å². The van der Waals surface area contributed by atoms with Gasteiger partial charge in [0.1, 0.15) is 41.9 Å². The molecule has 9 nitrogen and oxygen atoms in total. The van der Waals surface area contributed by atoms with Crippen LogP contribution in [0, 0.1) is 12.7 Å². The Hall–Kier alpha value is -3.24. The summed E-state index contributed by atoms with van der Waals surface area (Å²) in [5, 5.41) is 33.1. The fourth-order valence-electron chi connectivity index (χ4n) is 3.86. The van der Waals surface area contributed by atoms with E-state index >= 15 is 0 Å². The quantitative estimate of drug-likeness (QED) is 0.499. The highest BCUT2D eigenvalue weighted by molar-refractivity contribution is 5.78. The molecule has 1 aliphatic carbocycles. The average Bonchev–Trinajstić information content (AvgIpc) is 3.25. The smallest absolute Gasteiger partial charge is 0.404 e. The number of aryl methyl sites for hydroxylation is 1. The lowest BCUT2D eigenvalue weighted by Crippen LogP contribution is -2.34. The minimum absolute atomic E-state index is 0.157. The Bertz CT molecular complexity index is 1090. The summed E-state index contributed by atoms with van der Waals surface area (Å²) >= 11 is 0. The maximum Gasteiger partial charge on any atom is 0.404 e. The number of aliphatic hydroxyl groups is 2.